The van der Waals surface area contributed by atoms with Crippen molar-refractivity contribution < 1.29 is 0 Å². The van der Waals surface area contributed by atoms with Crippen LogP contribution in [0.2, 0.25) is 0 Å². The number of para-hydroxylation sites is 1. The molecule has 0 saturated carbocycles. The Hall–Kier alpha value is -1.02. The number of hydrazine groups is 1. The summed E-state index contributed by atoms with van der Waals surface area (Å²) in [5, 5.41) is 0. The standard InChI is InChI=1S/C11H17N2/c1-2-3-7-10-12-13-11-8-5-4-6-9-11/h4-6,8-10,12-13H,2-3,7H2,1H3. The van der Waals surface area contributed by atoms with Crippen molar-refractivity contribution >= 4 is 5.69 Å². The van der Waals surface area contributed by atoms with Gasteiger partial charge < -0.3 is 5.43 Å². The largest absolute Gasteiger partial charge is 0.321 e. The molecule has 0 unspecified atom stereocenters. The highest BCUT2D eigenvalue weighted by atomic mass is 15.3. The molecule has 2 nitrogen and oxygen atoms in total. The van der Waals surface area contributed by atoms with Crippen LogP contribution in [0.1, 0.15) is 26.2 Å². The van der Waals surface area contributed by atoms with Crippen molar-refractivity contribution in [3.8, 4) is 0 Å². The van der Waals surface area contributed by atoms with Crippen LogP contribution in [0.4, 0.5) is 5.69 Å². The third kappa shape index (κ3) is 4.53. The average molecular weight is 177 g/mol. The van der Waals surface area contributed by atoms with Crippen molar-refractivity contribution in [3.05, 3.63) is 36.9 Å². The Kier molecular flexibility index (Phi) is 5.02. The summed E-state index contributed by atoms with van der Waals surface area (Å²) in [6, 6.07) is 10.1. The molecular formula is C11H17N2. The molecule has 1 radical (unpaired) electrons. The van der Waals surface area contributed by atoms with Crippen molar-refractivity contribution in [3.63, 3.8) is 0 Å². The summed E-state index contributed by atoms with van der Waals surface area (Å²) in [6.07, 6.45) is 3.59. The molecule has 71 valence electrons. The Morgan fingerprint density at radius 2 is 2.00 bits per heavy atom. The lowest BCUT2D eigenvalue weighted by molar-refractivity contribution is 0.734. The monoisotopic (exact) mass is 177 g/mol. The molecule has 0 bridgehead atoms. The molecule has 2 heteroatoms. The van der Waals surface area contributed by atoms with Crippen LogP contribution in [-0.4, -0.2) is 0 Å². The Labute approximate surface area is 80.3 Å². The maximum absolute atomic E-state index is 3.10. The van der Waals surface area contributed by atoms with Crippen molar-refractivity contribution in [2.75, 3.05) is 5.43 Å². The van der Waals surface area contributed by atoms with E-state index < -0.39 is 0 Å². The van der Waals surface area contributed by atoms with E-state index in [1.54, 1.807) is 0 Å². The second-order valence-corrected chi connectivity index (χ2v) is 2.98. The van der Waals surface area contributed by atoms with E-state index in [2.05, 4.69) is 24.3 Å². The molecular weight excluding hydrogens is 160 g/mol. The number of unbranched alkanes of at least 4 members (excludes halogenated alkanes) is 2. The topological polar surface area (TPSA) is 24.1 Å². The van der Waals surface area contributed by atoms with E-state index >= 15 is 0 Å². The molecule has 0 heterocycles. The first-order valence-corrected chi connectivity index (χ1v) is 4.81. The lowest BCUT2D eigenvalue weighted by Crippen LogP contribution is -2.17. The summed E-state index contributed by atoms with van der Waals surface area (Å²) in [4.78, 5) is 0. The van der Waals surface area contributed by atoms with Crippen LogP contribution in [0.3, 0.4) is 0 Å². The summed E-state index contributed by atoms with van der Waals surface area (Å²) in [7, 11) is 0. The fourth-order valence-corrected chi connectivity index (χ4v) is 1.03. The minimum Gasteiger partial charge on any atom is -0.321 e. The summed E-state index contributed by atoms with van der Waals surface area (Å²) in [5.41, 5.74) is 7.25. The molecule has 0 aliphatic heterocycles. The Bertz CT molecular complexity index is 209. The van der Waals surface area contributed by atoms with Gasteiger partial charge in [0.25, 0.3) is 0 Å². The second kappa shape index (κ2) is 6.49. The van der Waals surface area contributed by atoms with Crippen LogP contribution in [0, 0.1) is 6.54 Å². The maximum atomic E-state index is 3.10. The molecule has 0 aromatic heterocycles. The smallest absolute Gasteiger partial charge is 0.0487 e. The van der Waals surface area contributed by atoms with Gasteiger partial charge in [0.1, 0.15) is 0 Å². The van der Waals surface area contributed by atoms with Crippen LogP contribution in [0.25, 0.3) is 0 Å². The van der Waals surface area contributed by atoms with Gasteiger partial charge in [-0.25, -0.2) is 5.43 Å². The number of hydrogen-bond donors (Lipinski definition) is 2. The van der Waals surface area contributed by atoms with Gasteiger partial charge >= 0.3 is 0 Å². The SMILES string of the molecule is CCCC[CH]NNc1ccccc1. The van der Waals surface area contributed by atoms with E-state index in [4.69, 9.17) is 0 Å². The molecule has 0 spiro atoms. The average Bonchev–Trinajstić information content (AvgIpc) is 2.19. The Morgan fingerprint density at radius 1 is 1.23 bits per heavy atom. The zero-order valence-electron chi connectivity index (χ0n) is 8.09. The lowest BCUT2D eigenvalue weighted by atomic mass is 10.2. The number of rotatable bonds is 6. The minimum absolute atomic E-state index is 1.09. The van der Waals surface area contributed by atoms with Gasteiger partial charge in [-0.1, -0.05) is 38.0 Å². The first kappa shape index (κ1) is 10.1. The second-order valence-electron chi connectivity index (χ2n) is 2.98. The third-order valence-corrected chi connectivity index (χ3v) is 1.79. The van der Waals surface area contributed by atoms with Crippen LogP contribution in [0.5, 0.6) is 0 Å². The van der Waals surface area contributed by atoms with Crippen LogP contribution >= 0.6 is 0 Å². The van der Waals surface area contributed by atoms with E-state index in [0.29, 0.717) is 0 Å². The van der Waals surface area contributed by atoms with Gasteiger partial charge in [0.15, 0.2) is 0 Å². The predicted octanol–water partition coefficient (Wildman–Crippen LogP) is 2.96. The fourth-order valence-electron chi connectivity index (χ4n) is 1.03. The van der Waals surface area contributed by atoms with Crippen molar-refractivity contribution in [2.24, 2.45) is 0 Å². The summed E-state index contributed by atoms with van der Waals surface area (Å²) in [5.74, 6) is 0. The van der Waals surface area contributed by atoms with Gasteiger partial charge in [0.05, 0.1) is 0 Å². The first-order valence-electron chi connectivity index (χ1n) is 4.81. The minimum atomic E-state index is 1.09. The molecule has 0 aliphatic carbocycles. The van der Waals surface area contributed by atoms with Gasteiger partial charge in [-0.3, -0.25) is 0 Å². The number of benzene rings is 1. The van der Waals surface area contributed by atoms with Crippen molar-refractivity contribution in [2.45, 2.75) is 26.2 Å². The van der Waals surface area contributed by atoms with Crippen LogP contribution < -0.4 is 10.9 Å². The molecule has 13 heavy (non-hydrogen) atoms. The molecule has 0 aliphatic rings. The molecule has 0 fully saturated rings. The van der Waals surface area contributed by atoms with E-state index in [1.807, 2.05) is 30.3 Å². The predicted molar refractivity (Wildman–Crippen MR) is 57.0 cm³/mol. The highest BCUT2D eigenvalue weighted by molar-refractivity contribution is 5.41. The Balaban J connectivity index is 2.07. The van der Waals surface area contributed by atoms with Crippen molar-refractivity contribution in [1.29, 1.82) is 0 Å². The third-order valence-electron chi connectivity index (χ3n) is 1.79. The first-order chi connectivity index (χ1) is 6.43. The van der Waals surface area contributed by atoms with E-state index in [1.165, 1.54) is 12.8 Å². The normalized spacial score (nSPS) is 9.92. The van der Waals surface area contributed by atoms with Crippen LogP contribution in [-0.2, 0) is 0 Å². The summed E-state index contributed by atoms with van der Waals surface area (Å²) >= 11 is 0. The van der Waals surface area contributed by atoms with Gasteiger partial charge in [0.2, 0.25) is 0 Å². The van der Waals surface area contributed by atoms with Gasteiger partial charge in [-0.2, -0.15) is 0 Å². The van der Waals surface area contributed by atoms with Gasteiger partial charge in [-0.15, -0.1) is 0 Å². The van der Waals surface area contributed by atoms with Gasteiger partial charge in [0, 0.05) is 12.2 Å². The fraction of sp³-hybridized carbons (Fsp3) is 0.364. The zero-order chi connectivity index (χ0) is 9.36. The highest BCUT2D eigenvalue weighted by Gasteiger charge is 1.88. The molecule has 1 aromatic rings. The van der Waals surface area contributed by atoms with Gasteiger partial charge in [-0.05, 0) is 18.6 Å². The van der Waals surface area contributed by atoms with E-state index in [9.17, 15) is 0 Å². The number of anilines is 1. The molecule has 2 N–H and O–H groups in total. The summed E-state index contributed by atoms with van der Waals surface area (Å²) < 4.78 is 0. The number of hydrogen-bond acceptors (Lipinski definition) is 2. The molecule has 1 aromatic carbocycles. The van der Waals surface area contributed by atoms with E-state index in [-0.39, 0.29) is 0 Å². The molecule has 0 saturated heterocycles. The van der Waals surface area contributed by atoms with E-state index in [0.717, 1.165) is 12.1 Å². The molecule has 0 amide bonds. The van der Waals surface area contributed by atoms with Crippen molar-refractivity contribution in [1.82, 2.24) is 5.43 Å². The molecule has 1 rings (SSSR count). The maximum Gasteiger partial charge on any atom is 0.0487 e. The summed E-state index contributed by atoms with van der Waals surface area (Å²) in [6.45, 7) is 4.25. The number of nitrogens with one attached hydrogen (secondary N) is 2. The van der Waals surface area contributed by atoms with Crippen LogP contribution in [0.15, 0.2) is 30.3 Å². The zero-order valence-corrected chi connectivity index (χ0v) is 8.09. The highest BCUT2D eigenvalue weighted by Crippen LogP contribution is 2.03. The Morgan fingerprint density at radius 3 is 2.69 bits per heavy atom. The molecule has 0 atom stereocenters. The lowest BCUT2D eigenvalue weighted by Gasteiger charge is -2.06. The quantitative estimate of drug-likeness (QED) is 0.515.